The summed E-state index contributed by atoms with van der Waals surface area (Å²) < 4.78 is 1.90. The number of hydrogen-bond donors (Lipinski definition) is 2. The van der Waals surface area contributed by atoms with Crippen molar-refractivity contribution in [3.63, 3.8) is 0 Å². The Labute approximate surface area is 183 Å². The summed E-state index contributed by atoms with van der Waals surface area (Å²) in [6.07, 6.45) is 8.20. The molecule has 0 amide bonds. The molecule has 0 saturated heterocycles. The van der Waals surface area contributed by atoms with Crippen LogP contribution in [0.5, 0.6) is 0 Å². The van der Waals surface area contributed by atoms with Gasteiger partial charge in [0.2, 0.25) is 5.28 Å². The molecule has 2 aromatic heterocycles. The van der Waals surface area contributed by atoms with Gasteiger partial charge in [0, 0.05) is 16.8 Å². The molecule has 4 rings (SSSR count). The van der Waals surface area contributed by atoms with E-state index in [0.29, 0.717) is 22.9 Å². The van der Waals surface area contributed by atoms with Crippen molar-refractivity contribution in [3.8, 4) is 0 Å². The van der Waals surface area contributed by atoms with E-state index in [-0.39, 0.29) is 5.28 Å². The van der Waals surface area contributed by atoms with Crippen molar-refractivity contribution in [1.82, 2.24) is 19.7 Å². The maximum absolute atomic E-state index is 6.07. The number of allylic oxidation sites excluding steroid dienone is 3. The zero-order chi connectivity index (χ0) is 20.4. The number of aromatic nitrogens is 4. The Morgan fingerprint density at radius 1 is 1.28 bits per heavy atom. The average Bonchev–Trinajstić information content (AvgIpc) is 2.68. The van der Waals surface area contributed by atoms with Crippen molar-refractivity contribution < 1.29 is 0 Å². The predicted molar refractivity (Wildman–Crippen MR) is 122 cm³/mol. The number of anilines is 1. The number of rotatable bonds is 6. The normalized spacial score (nSPS) is 14.3. The summed E-state index contributed by atoms with van der Waals surface area (Å²) in [4.78, 5) is 13.9. The molecule has 150 valence electrons. The lowest BCUT2D eigenvalue weighted by Gasteiger charge is -2.21. The molecule has 0 unspecified atom stereocenters. The molecule has 1 aliphatic heterocycles. The van der Waals surface area contributed by atoms with Crippen molar-refractivity contribution >= 4 is 58.0 Å². The maximum atomic E-state index is 6.07. The van der Waals surface area contributed by atoms with Crippen molar-refractivity contribution in [2.24, 2.45) is 4.99 Å². The van der Waals surface area contributed by atoms with Crippen LogP contribution in [0, 0.1) is 0 Å². The van der Waals surface area contributed by atoms with E-state index in [9.17, 15) is 0 Å². The Bertz CT molecular complexity index is 1140. The van der Waals surface area contributed by atoms with Gasteiger partial charge in [0.1, 0.15) is 10.5 Å². The first-order chi connectivity index (χ1) is 14.0. The van der Waals surface area contributed by atoms with Gasteiger partial charge < -0.3 is 5.32 Å². The van der Waals surface area contributed by atoms with E-state index in [4.69, 9.17) is 23.2 Å². The van der Waals surface area contributed by atoms with Gasteiger partial charge in [-0.1, -0.05) is 48.8 Å². The molecule has 1 aromatic carbocycles. The summed E-state index contributed by atoms with van der Waals surface area (Å²) in [5.74, 6) is 0. The fourth-order valence-electron chi connectivity index (χ4n) is 2.98. The third kappa shape index (κ3) is 4.37. The summed E-state index contributed by atoms with van der Waals surface area (Å²) in [5, 5.41) is 8.07. The number of nitrogens with zero attached hydrogens (tertiary/aromatic N) is 4. The highest BCUT2D eigenvalue weighted by molar-refractivity contribution is 8.03. The van der Waals surface area contributed by atoms with Gasteiger partial charge in [-0.05, 0) is 48.7 Å². The highest BCUT2D eigenvalue weighted by Crippen LogP contribution is 2.40. The Kier molecular flexibility index (Phi) is 5.99. The molecule has 0 atom stereocenters. The molecule has 0 saturated carbocycles. The lowest BCUT2D eigenvalue weighted by Crippen LogP contribution is -2.15. The van der Waals surface area contributed by atoms with E-state index >= 15 is 0 Å². The molecule has 3 aromatic rings. The third-order valence-corrected chi connectivity index (χ3v) is 6.05. The predicted octanol–water partition coefficient (Wildman–Crippen LogP) is 6.25. The quantitative estimate of drug-likeness (QED) is 0.266. The maximum Gasteiger partial charge on any atom is 0.225 e. The topological polar surface area (TPSA) is 70.9 Å². The zero-order valence-corrected chi connectivity index (χ0v) is 18.4. The molecular weight excluding hydrogens is 427 g/mol. The van der Waals surface area contributed by atoms with Crippen molar-refractivity contribution in [2.75, 3.05) is 5.32 Å². The van der Waals surface area contributed by atoms with Gasteiger partial charge in [-0.2, -0.15) is 4.98 Å². The van der Waals surface area contributed by atoms with Crippen LogP contribution in [0.4, 0.5) is 5.69 Å². The molecule has 6 nitrogen and oxygen atoms in total. The minimum atomic E-state index is 0.141. The number of benzene rings is 1. The molecule has 0 aliphatic carbocycles. The van der Waals surface area contributed by atoms with Crippen LogP contribution in [-0.4, -0.2) is 26.0 Å². The summed E-state index contributed by atoms with van der Waals surface area (Å²) in [6.45, 7) is 4.83. The number of unbranched alkanes of at least 4 members (excludes halogenated alkanes) is 1. The van der Waals surface area contributed by atoms with Crippen molar-refractivity contribution in [2.45, 2.75) is 38.1 Å². The smallest absolute Gasteiger partial charge is 0.225 e. The molecule has 1 aliphatic rings. The summed E-state index contributed by atoms with van der Waals surface area (Å²) in [7, 11) is 0. The molecule has 29 heavy (non-hydrogen) atoms. The Morgan fingerprint density at radius 3 is 2.97 bits per heavy atom. The van der Waals surface area contributed by atoms with E-state index in [1.165, 1.54) is 0 Å². The number of aliphatic imine (C=N–C) groups is 1. The Hall–Kier alpha value is -2.22. The second-order valence-electron chi connectivity index (χ2n) is 6.66. The second kappa shape index (κ2) is 8.65. The minimum absolute atomic E-state index is 0.141. The van der Waals surface area contributed by atoms with Crippen LogP contribution in [0.2, 0.25) is 10.4 Å². The summed E-state index contributed by atoms with van der Waals surface area (Å²) in [5.41, 5.74) is 4.66. The monoisotopic (exact) mass is 446 g/mol. The number of thioether (sulfide) groups is 1. The third-order valence-electron chi connectivity index (χ3n) is 4.42. The second-order valence-corrected chi connectivity index (χ2v) is 8.39. The number of fused-ring (bicyclic) bond motifs is 2. The fourth-order valence-corrected chi connectivity index (χ4v) is 4.27. The zero-order valence-electron chi connectivity index (χ0n) is 16.0. The molecule has 0 radical (unpaired) electrons. The molecular formula is C20H20Cl2N6S. The van der Waals surface area contributed by atoms with E-state index in [2.05, 4.69) is 56.6 Å². The van der Waals surface area contributed by atoms with Crippen LogP contribution in [0.1, 0.15) is 32.3 Å². The first kappa shape index (κ1) is 20.1. The van der Waals surface area contributed by atoms with Gasteiger partial charge in [-0.3, -0.25) is 9.78 Å². The summed E-state index contributed by atoms with van der Waals surface area (Å²) >= 11 is 13.7. The lowest BCUT2D eigenvalue weighted by molar-refractivity contribution is 0.670. The number of halogens is 2. The van der Waals surface area contributed by atoms with Crippen LogP contribution < -0.4 is 5.32 Å². The Balaban J connectivity index is 1.50. The van der Waals surface area contributed by atoms with Crippen LogP contribution in [0.25, 0.3) is 11.2 Å². The van der Waals surface area contributed by atoms with Gasteiger partial charge in [-0.25, -0.2) is 9.98 Å². The first-order valence-electron chi connectivity index (χ1n) is 9.30. The van der Waals surface area contributed by atoms with E-state index in [1.807, 2.05) is 23.9 Å². The van der Waals surface area contributed by atoms with Gasteiger partial charge in [0.05, 0.1) is 12.2 Å². The summed E-state index contributed by atoms with van der Waals surface area (Å²) in [6, 6.07) is 6.34. The fraction of sp³-hybridized carbons (Fsp3) is 0.250. The number of nitrogens with one attached hydrogen (secondary N) is 2. The minimum Gasteiger partial charge on any atom is -0.356 e. The van der Waals surface area contributed by atoms with Crippen molar-refractivity contribution in [1.29, 1.82) is 0 Å². The molecule has 0 fully saturated rings. The molecule has 0 spiro atoms. The molecule has 2 N–H and O–H groups in total. The van der Waals surface area contributed by atoms with Crippen LogP contribution in [0.15, 0.2) is 51.0 Å². The molecule has 9 heteroatoms. The number of hydrogen-bond acceptors (Lipinski definition) is 5. The SMILES string of the molecule is CCC/C=C/C=N\C1=C(C)Nc2cc(Cn3[nH]c4c(Cl)nc(Cl)nc43)ccc2S1. The number of aromatic amines is 1. The number of H-pyrrole nitrogens is 1. The van der Waals surface area contributed by atoms with Gasteiger partial charge in [0.15, 0.2) is 10.8 Å². The van der Waals surface area contributed by atoms with Crippen LogP contribution in [0.3, 0.4) is 0 Å². The van der Waals surface area contributed by atoms with Crippen molar-refractivity contribution in [3.05, 3.63) is 57.1 Å². The average molecular weight is 447 g/mol. The molecule has 0 bridgehead atoms. The standard InChI is InChI=1S/C20H20Cl2N6S/c1-3-4-5-6-9-23-19-12(2)24-14-10-13(7-8-15(14)29-19)11-28-18-16(27-28)17(21)25-20(22)26-18/h5-10,24,27H,3-4,11H2,1-2H3/b6-5+,23-9-. The van der Waals surface area contributed by atoms with Crippen LogP contribution >= 0.6 is 35.0 Å². The first-order valence-corrected chi connectivity index (χ1v) is 10.9. The lowest BCUT2D eigenvalue weighted by atomic mass is 10.2. The highest BCUT2D eigenvalue weighted by atomic mass is 35.5. The Morgan fingerprint density at radius 2 is 2.14 bits per heavy atom. The van der Waals surface area contributed by atoms with E-state index < -0.39 is 0 Å². The van der Waals surface area contributed by atoms with E-state index in [0.717, 1.165) is 39.7 Å². The molecule has 3 heterocycles. The van der Waals surface area contributed by atoms with Crippen LogP contribution in [-0.2, 0) is 6.54 Å². The van der Waals surface area contributed by atoms with Gasteiger partial charge in [-0.15, -0.1) is 0 Å². The van der Waals surface area contributed by atoms with Gasteiger partial charge >= 0.3 is 0 Å². The largest absolute Gasteiger partial charge is 0.356 e. The van der Waals surface area contributed by atoms with E-state index in [1.54, 1.807) is 11.8 Å². The van der Waals surface area contributed by atoms with Gasteiger partial charge in [0.25, 0.3) is 0 Å². The highest BCUT2D eigenvalue weighted by Gasteiger charge is 2.17.